The monoisotopic (exact) mass is 242 g/mol. The van der Waals surface area contributed by atoms with Gasteiger partial charge >= 0.3 is 0 Å². The van der Waals surface area contributed by atoms with Gasteiger partial charge in [-0.25, -0.2) is 9.97 Å². The molecule has 1 aliphatic carbocycles. The van der Waals surface area contributed by atoms with Gasteiger partial charge in [-0.15, -0.1) is 0 Å². The molecule has 0 aliphatic heterocycles. The molecule has 17 heavy (non-hydrogen) atoms. The van der Waals surface area contributed by atoms with E-state index in [0.29, 0.717) is 5.28 Å². The van der Waals surface area contributed by atoms with Gasteiger partial charge in [0.1, 0.15) is 0 Å². The fourth-order valence-electron chi connectivity index (χ4n) is 2.19. The second-order valence-electron chi connectivity index (χ2n) is 4.21. The van der Waals surface area contributed by atoms with Gasteiger partial charge in [0, 0.05) is 18.2 Å². The van der Waals surface area contributed by atoms with E-state index in [1.165, 1.54) is 16.7 Å². The lowest BCUT2D eigenvalue weighted by Crippen LogP contribution is -1.91. The molecule has 0 fully saturated rings. The molecule has 0 atom stereocenters. The van der Waals surface area contributed by atoms with Crippen molar-refractivity contribution in [3.8, 4) is 0 Å². The largest absolute Gasteiger partial charge is 0.226 e. The van der Waals surface area contributed by atoms with Crippen LogP contribution in [0.3, 0.4) is 0 Å². The summed E-state index contributed by atoms with van der Waals surface area (Å²) >= 11 is 5.80. The lowest BCUT2D eigenvalue weighted by molar-refractivity contribution is 1.10. The summed E-state index contributed by atoms with van der Waals surface area (Å²) in [6.45, 7) is 2.12. The van der Waals surface area contributed by atoms with Crippen LogP contribution in [-0.2, 0) is 6.42 Å². The van der Waals surface area contributed by atoms with Crippen molar-refractivity contribution >= 4 is 23.3 Å². The van der Waals surface area contributed by atoms with E-state index in [1.807, 2.05) is 6.20 Å². The zero-order valence-electron chi connectivity index (χ0n) is 9.44. The van der Waals surface area contributed by atoms with Crippen molar-refractivity contribution in [2.75, 3.05) is 0 Å². The van der Waals surface area contributed by atoms with Crippen LogP contribution in [0.5, 0.6) is 0 Å². The van der Waals surface area contributed by atoms with Crippen LogP contribution in [-0.4, -0.2) is 9.97 Å². The molecule has 1 aromatic carbocycles. The summed E-state index contributed by atoms with van der Waals surface area (Å²) in [5.74, 6) is 0. The molecule has 0 spiro atoms. The maximum atomic E-state index is 5.80. The summed E-state index contributed by atoms with van der Waals surface area (Å²) < 4.78 is 0. The Morgan fingerprint density at radius 1 is 1.24 bits per heavy atom. The fourth-order valence-corrected chi connectivity index (χ4v) is 2.33. The number of aryl methyl sites for hydroxylation is 1. The molecule has 2 nitrogen and oxygen atoms in total. The Morgan fingerprint density at radius 2 is 2.06 bits per heavy atom. The maximum absolute atomic E-state index is 5.80. The highest BCUT2D eigenvalue weighted by atomic mass is 35.5. The minimum absolute atomic E-state index is 0.311. The molecule has 84 valence electrons. The zero-order valence-corrected chi connectivity index (χ0v) is 10.2. The number of benzene rings is 1. The predicted octanol–water partition coefficient (Wildman–Crippen LogP) is 3.54. The quantitative estimate of drug-likeness (QED) is 0.715. The van der Waals surface area contributed by atoms with Gasteiger partial charge in [-0.2, -0.15) is 0 Å². The molecule has 0 saturated heterocycles. The lowest BCUT2D eigenvalue weighted by atomic mass is 9.99. The fraction of sp³-hybridized carbons (Fsp3) is 0.143. The van der Waals surface area contributed by atoms with E-state index in [9.17, 15) is 0 Å². The van der Waals surface area contributed by atoms with Crippen molar-refractivity contribution < 1.29 is 0 Å². The van der Waals surface area contributed by atoms with Crippen LogP contribution in [0.4, 0.5) is 0 Å². The van der Waals surface area contributed by atoms with E-state index >= 15 is 0 Å². The highest BCUT2D eigenvalue weighted by molar-refractivity contribution is 6.28. The summed E-state index contributed by atoms with van der Waals surface area (Å²) in [5.41, 5.74) is 5.94. The van der Waals surface area contributed by atoms with Crippen molar-refractivity contribution in [2.45, 2.75) is 13.3 Å². The van der Waals surface area contributed by atoms with Gasteiger partial charge in [0.25, 0.3) is 0 Å². The van der Waals surface area contributed by atoms with Crippen molar-refractivity contribution in [3.05, 3.63) is 58.1 Å². The summed E-state index contributed by atoms with van der Waals surface area (Å²) in [6.07, 6.45) is 4.80. The van der Waals surface area contributed by atoms with Crippen LogP contribution in [0, 0.1) is 6.92 Å². The molecule has 0 bridgehead atoms. The molecule has 0 amide bonds. The molecular formula is C14H11ClN2. The summed E-state index contributed by atoms with van der Waals surface area (Å²) in [4.78, 5) is 8.26. The number of allylic oxidation sites excluding steroid dienone is 1. The first-order chi connectivity index (χ1) is 8.24. The third-order valence-corrected chi connectivity index (χ3v) is 3.23. The van der Waals surface area contributed by atoms with Gasteiger partial charge in [-0.05, 0) is 41.3 Å². The van der Waals surface area contributed by atoms with Gasteiger partial charge in [-0.1, -0.05) is 24.3 Å². The number of hydrogen-bond acceptors (Lipinski definition) is 2. The number of rotatable bonds is 1. The molecule has 1 aromatic heterocycles. The van der Waals surface area contributed by atoms with E-state index in [-0.39, 0.29) is 0 Å². The Kier molecular flexibility index (Phi) is 2.45. The Labute approximate surface area is 105 Å². The first-order valence-electron chi connectivity index (χ1n) is 5.52. The molecule has 3 heteroatoms. The standard InChI is InChI=1S/C14H11ClN2/c1-9-4-2-3-5-12(9)10-6-11-8-16-14(15)17-13(11)7-10/h2-5,7-8H,6H2,1H3. The summed E-state index contributed by atoms with van der Waals surface area (Å²) in [6, 6.07) is 8.38. The Hall–Kier alpha value is -1.67. The molecule has 1 heterocycles. The third kappa shape index (κ3) is 1.85. The second-order valence-corrected chi connectivity index (χ2v) is 4.55. The lowest BCUT2D eigenvalue weighted by Gasteiger charge is -2.05. The van der Waals surface area contributed by atoms with E-state index < -0.39 is 0 Å². The average molecular weight is 243 g/mol. The number of fused-ring (bicyclic) bond motifs is 1. The van der Waals surface area contributed by atoms with E-state index in [1.54, 1.807) is 0 Å². The van der Waals surface area contributed by atoms with Crippen LogP contribution in [0.1, 0.15) is 22.4 Å². The van der Waals surface area contributed by atoms with Gasteiger partial charge in [-0.3, -0.25) is 0 Å². The molecule has 0 saturated carbocycles. The van der Waals surface area contributed by atoms with Gasteiger partial charge in [0.15, 0.2) is 0 Å². The topological polar surface area (TPSA) is 25.8 Å². The smallest absolute Gasteiger partial charge is 0.222 e. The number of halogens is 1. The number of nitrogens with zero attached hydrogens (tertiary/aromatic N) is 2. The van der Waals surface area contributed by atoms with E-state index in [0.717, 1.165) is 17.7 Å². The van der Waals surface area contributed by atoms with Crippen molar-refractivity contribution in [1.82, 2.24) is 9.97 Å². The Morgan fingerprint density at radius 3 is 2.88 bits per heavy atom. The molecular weight excluding hydrogens is 232 g/mol. The normalized spacial score (nSPS) is 13.4. The first-order valence-corrected chi connectivity index (χ1v) is 5.90. The maximum Gasteiger partial charge on any atom is 0.222 e. The predicted molar refractivity (Wildman–Crippen MR) is 69.8 cm³/mol. The van der Waals surface area contributed by atoms with Gasteiger partial charge < -0.3 is 0 Å². The SMILES string of the molecule is Cc1ccccc1C1=Cc2nc(Cl)ncc2C1. The van der Waals surface area contributed by atoms with Crippen molar-refractivity contribution in [3.63, 3.8) is 0 Å². The highest BCUT2D eigenvalue weighted by Crippen LogP contribution is 2.31. The van der Waals surface area contributed by atoms with E-state index in [2.05, 4.69) is 47.2 Å². The van der Waals surface area contributed by atoms with Gasteiger partial charge in [0.2, 0.25) is 5.28 Å². The zero-order chi connectivity index (χ0) is 11.8. The molecule has 0 radical (unpaired) electrons. The number of hydrogen-bond donors (Lipinski definition) is 0. The van der Waals surface area contributed by atoms with Crippen molar-refractivity contribution in [1.29, 1.82) is 0 Å². The third-order valence-electron chi connectivity index (χ3n) is 3.05. The van der Waals surface area contributed by atoms with Crippen LogP contribution >= 0.6 is 11.6 Å². The van der Waals surface area contributed by atoms with Crippen LogP contribution in [0.15, 0.2) is 30.5 Å². The minimum Gasteiger partial charge on any atom is -0.226 e. The molecule has 2 aromatic rings. The molecule has 0 unspecified atom stereocenters. The van der Waals surface area contributed by atoms with Crippen molar-refractivity contribution in [2.24, 2.45) is 0 Å². The second kappa shape index (κ2) is 3.97. The van der Waals surface area contributed by atoms with Crippen LogP contribution in [0.2, 0.25) is 5.28 Å². The first kappa shape index (κ1) is 10.5. The minimum atomic E-state index is 0.311. The van der Waals surface area contributed by atoms with Crippen LogP contribution in [0.25, 0.3) is 11.6 Å². The molecule has 1 aliphatic rings. The average Bonchev–Trinajstić information content (AvgIpc) is 2.72. The summed E-state index contributed by atoms with van der Waals surface area (Å²) in [5, 5.41) is 0.311. The Balaban J connectivity index is 2.05. The summed E-state index contributed by atoms with van der Waals surface area (Å²) in [7, 11) is 0. The molecule has 3 rings (SSSR count). The molecule has 0 N–H and O–H groups in total. The Bertz CT molecular complexity index is 617. The highest BCUT2D eigenvalue weighted by Gasteiger charge is 2.16. The van der Waals surface area contributed by atoms with Gasteiger partial charge in [0.05, 0.1) is 5.69 Å². The van der Waals surface area contributed by atoms with E-state index in [4.69, 9.17) is 11.6 Å². The number of aromatic nitrogens is 2. The van der Waals surface area contributed by atoms with Crippen LogP contribution < -0.4 is 0 Å².